The van der Waals surface area contributed by atoms with Crippen LogP contribution >= 0.6 is 12.2 Å². The fourth-order valence-electron chi connectivity index (χ4n) is 3.38. The van der Waals surface area contributed by atoms with Gasteiger partial charge in [0.1, 0.15) is 11.7 Å². The number of pyridine rings is 1. The van der Waals surface area contributed by atoms with Gasteiger partial charge in [-0.15, -0.1) is 0 Å². The third kappa shape index (κ3) is 3.67. The maximum absolute atomic E-state index is 13.4. The Balaban J connectivity index is 1.71. The van der Waals surface area contributed by atoms with E-state index in [2.05, 4.69) is 10.3 Å². The van der Waals surface area contributed by atoms with Gasteiger partial charge in [-0.05, 0) is 55.0 Å². The van der Waals surface area contributed by atoms with Crippen molar-refractivity contribution < 1.29 is 9.59 Å². The standard InChI is InChI=1S/C23H20N4O2S/c1-16-9-5-6-12-19(16)25-15-18-21(28)26(17-10-3-2-4-11-17)23(30)27(22(18)29)20-13-7-8-14-24-20/h2-14,18,25H,15H2,1H3. The van der Waals surface area contributed by atoms with E-state index in [1.165, 1.54) is 9.80 Å². The van der Waals surface area contributed by atoms with Gasteiger partial charge in [0, 0.05) is 18.4 Å². The lowest BCUT2D eigenvalue weighted by Crippen LogP contribution is -2.61. The molecule has 2 aromatic carbocycles. The molecule has 0 saturated carbocycles. The van der Waals surface area contributed by atoms with Gasteiger partial charge in [-0.25, -0.2) is 9.88 Å². The highest BCUT2D eigenvalue weighted by atomic mass is 32.1. The SMILES string of the molecule is Cc1ccccc1NCC1C(=O)N(c2ccccc2)C(=S)N(c2ccccn2)C1=O. The topological polar surface area (TPSA) is 65.5 Å². The molecule has 6 nitrogen and oxygen atoms in total. The van der Waals surface area contributed by atoms with Crippen LogP contribution in [0.2, 0.25) is 0 Å². The van der Waals surface area contributed by atoms with Crippen LogP contribution in [0, 0.1) is 12.8 Å². The van der Waals surface area contributed by atoms with Crippen LogP contribution in [-0.2, 0) is 9.59 Å². The smallest absolute Gasteiger partial charge is 0.248 e. The molecule has 1 fully saturated rings. The van der Waals surface area contributed by atoms with Crippen LogP contribution in [0.15, 0.2) is 79.0 Å². The molecule has 1 atom stereocenters. The Morgan fingerprint density at radius 3 is 2.27 bits per heavy atom. The molecular formula is C23H20N4O2S. The van der Waals surface area contributed by atoms with Gasteiger partial charge in [0.2, 0.25) is 11.8 Å². The molecule has 1 unspecified atom stereocenters. The van der Waals surface area contributed by atoms with Gasteiger partial charge >= 0.3 is 0 Å². The molecule has 0 aliphatic carbocycles. The second-order valence-corrected chi connectivity index (χ2v) is 7.27. The second-order valence-electron chi connectivity index (χ2n) is 6.90. The van der Waals surface area contributed by atoms with Crippen molar-refractivity contribution in [2.75, 3.05) is 21.7 Å². The molecule has 3 aromatic rings. The minimum Gasteiger partial charge on any atom is -0.383 e. The number of carbonyl (C=O) groups excluding carboxylic acids is 2. The summed E-state index contributed by atoms with van der Waals surface area (Å²) in [6.45, 7) is 2.12. The maximum atomic E-state index is 13.4. The third-order valence-electron chi connectivity index (χ3n) is 4.95. The first-order valence-electron chi connectivity index (χ1n) is 9.55. The van der Waals surface area contributed by atoms with Crippen LogP contribution < -0.4 is 15.1 Å². The molecule has 150 valence electrons. The van der Waals surface area contributed by atoms with Crippen LogP contribution in [-0.4, -0.2) is 28.5 Å². The molecule has 2 heterocycles. The van der Waals surface area contributed by atoms with Crippen LogP contribution in [0.4, 0.5) is 17.2 Å². The van der Waals surface area contributed by atoms with Gasteiger partial charge in [0.05, 0.1) is 5.69 Å². The number of thiocarbonyl (C=S) groups is 1. The number of hydrogen-bond donors (Lipinski definition) is 1. The van der Waals surface area contributed by atoms with Crippen molar-refractivity contribution in [3.05, 3.63) is 84.6 Å². The summed E-state index contributed by atoms with van der Waals surface area (Å²) >= 11 is 5.57. The predicted octanol–water partition coefficient (Wildman–Crippen LogP) is 3.78. The Morgan fingerprint density at radius 1 is 0.900 bits per heavy atom. The van der Waals surface area contributed by atoms with Gasteiger partial charge in [-0.1, -0.05) is 42.5 Å². The number of aryl methyl sites for hydroxylation is 1. The van der Waals surface area contributed by atoms with Gasteiger partial charge in [-0.2, -0.15) is 0 Å². The molecule has 0 radical (unpaired) electrons. The molecule has 0 bridgehead atoms. The molecule has 1 saturated heterocycles. The summed E-state index contributed by atoms with van der Waals surface area (Å²) in [4.78, 5) is 33.7. The number of carbonyl (C=O) groups is 2. The monoisotopic (exact) mass is 416 g/mol. The van der Waals surface area contributed by atoms with Crippen molar-refractivity contribution in [2.45, 2.75) is 6.92 Å². The summed E-state index contributed by atoms with van der Waals surface area (Å²) in [5, 5.41) is 3.34. The highest BCUT2D eigenvalue weighted by molar-refractivity contribution is 7.81. The Kier molecular flexibility index (Phi) is 5.54. The molecule has 7 heteroatoms. The lowest BCUT2D eigenvalue weighted by Gasteiger charge is -2.38. The van der Waals surface area contributed by atoms with E-state index >= 15 is 0 Å². The highest BCUT2D eigenvalue weighted by Gasteiger charge is 2.45. The maximum Gasteiger partial charge on any atom is 0.248 e. The number of amides is 2. The average molecular weight is 417 g/mol. The van der Waals surface area contributed by atoms with E-state index in [0.717, 1.165) is 11.3 Å². The average Bonchev–Trinajstić information content (AvgIpc) is 2.76. The summed E-state index contributed by atoms with van der Waals surface area (Å²) in [6.07, 6.45) is 1.59. The van der Waals surface area contributed by atoms with Gasteiger partial charge in [0.15, 0.2) is 5.11 Å². The van der Waals surface area contributed by atoms with Crippen LogP contribution in [0.5, 0.6) is 0 Å². The fourth-order valence-corrected chi connectivity index (χ4v) is 3.75. The normalized spacial score (nSPS) is 16.7. The van der Waals surface area contributed by atoms with Crippen molar-refractivity contribution in [1.82, 2.24) is 4.98 Å². The van der Waals surface area contributed by atoms with E-state index in [-0.39, 0.29) is 17.6 Å². The zero-order valence-corrected chi connectivity index (χ0v) is 17.2. The van der Waals surface area contributed by atoms with Crippen LogP contribution in [0.25, 0.3) is 0 Å². The second kappa shape index (κ2) is 8.42. The van der Waals surface area contributed by atoms with E-state index in [9.17, 15) is 9.59 Å². The number of rotatable bonds is 5. The van der Waals surface area contributed by atoms with Crippen molar-refractivity contribution in [3.63, 3.8) is 0 Å². The third-order valence-corrected chi connectivity index (χ3v) is 5.32. The highest BCUT2D eigenvalue weighted by Crippen LogP contribution is 2.28. The minimum absolute atomic E-state index is 0.0991. The zero-order chi connectivity index (χ0) is 21.1. The molecule has 1 aliphatic heterocycles. The van der Waals surface area contributed by atoms with E-state index in [0.29, 0.717) is 11.5 Å². The Morgan fingerprint density at radius 2 is 1.57 bits per heavy atom. The summed E-state index contributed by atoms with van der Waals surface area (Å²) in [5.41, 5.74) is 2.52. The summed E-state index contributed by atoms with van der Waals surface area (Å²) in [5.74, 6) is -1.30. The largest absolute Gasteiger partial charge is 0.383 e. The minimum atomic E-state index is -0.946. The Bertz CT molecular complexity index is 1030. The molecule has 4 rings (SSSR count). The number of anilines is 3. The molecular weight excluding hydrogens is 396 g/mol. The molecule has 1 N–H and O–H groups in total. The molecule has 0 spiro atoms. The first-order chi connectivity index (χ1) is 14.6. The quantitative estimate of drug-likeness (QED) is 0.507. The number of nitrogens with one attached hydrogen (secondary N) is 1. The van der Waals surface area contributed by atoms with E-state index in [1.807, 2.05) is 49.4 Å². The lowest BCUT2D eigenvalue weighted by atomic mass is 10.0. The fraction of sp³-hybridized carbons (Fsp3) is 0.130. The van der Waals surface area contributed by atoms with Crippen LogP contribution in [0.3, 0.4) is 0 Å². The summed E-state index contributed by atoms with van der Waals surface area (Å²) in [7, 11) is 0. The van der Waals surface area contributed by atoms with Gasteiger partial charge in [0.25, 0.3) is 0 Å². The molecule has 1 aliphatic rings. The van der Waals surface area contributed by atoms with Crippen molar-refractivity contribution >= 4 is 46.3 Å². The van der Waals surface area contributed by atoms with Crippen molar-refractivity contribution in [3.8, 4) is 0 Å². The first kappa shape index (κ1) is 19.7. The van der Waals surface area contributed by atoms with E-state index < -0.39 is 11.8 Å². The van der Waals surface area contributed by atoms with E-state index in [1.54, 1.807) is 36.5 Å². The van der Waals surface area contributed by atoms with Gasteiger partial charge < -0.3 is 5.32 Å². The number of hydrogen-bond acceptors (Lipinski definition) is 5. The number of para-hydroxylation sites is 2. The molecule has 1 aromatic heterocycles. The number of nitrogens with zero attached hydrogens (tertiary/aromatic N) is 3. The predicted molar refractivity (Wildman–Crippen MR) is 121 cm³/mol. The lowest BCUT2D eigenvalue weighted by molar-refractivity contribution is -0.131. The number of benzene rings is 2. The van der Waals surface area contributed by atoms with E-state index in [4.69, 9.17) is 12.2 Å². The molecule has 2 amide bonds. The zero-order valence-electron chi connectivity index (χ0n) is 16.4. The summed E-state index contributed by atoms with van der Waals surface area (Å²) in [6, 6.07) is 22.1. The van der Waals surface area contributed by atoms with Crippen molar-refractivity contribution in [2.24, 2.45) is 5.92 Å². The molecule has 30 heavy (non-hydrogen) atoms. The van der Waals surface area contributed by atoms with Crippen molar-refractivity contribution in [1.29, 1.82) is 0 Å². The van der Waals surface area contributed by atoms with Gasteiger partial charge in [-0.3, -0.25) is 14.5 Å². The number of aromatic nitrogens is 1. The summed E-state index contributed by atoms with van der Waals surface area (Å²) < 4.78 is 0. The Hall–Kier alpha value is -3.58. The first-order valence-corrected chi connectivity index (χ1v) is 9.96. The Labute approximate surface area is 180 Å². The van der Waals surface area contributed by atoms with Crippen LogP contribution in [0.1, 0.15) is 5.56 Å².